The first-order valence-corrected chi connectivity index (χ1v) is 7.58. The summed E-state index contributed by atoms with van der Waals surface area (Å²) in [6, 6.07) is 5.03. The van der Waals surface area contributed by atoms with Crippen LogP contribution in [0.4, 0.5) is 4.39 Å². The zero-order valence-electron chi connectivity index (χ0n) is 12.1. The number of halogens is 1. The number of rotatable bonds is 2. The number of hydrogen-bond donors (Lipinski definition) is 1. The van der Waals surface area contributed by atoms with Gasteiger partial charge >= 0.3 is 0 Å². The van der Waals surface area contributed by atoms with Crippen LogP contribution >= 0.6 is 0 Å². The summed E-state index contributed by atoms with van der Waals surface area (Å²) in [5, 5.41) is 3.40. The molecular formula is C17H18FN3. The summed E-state index contributed by atoms with van der Waals surface area (Å²) in [7, 11) is 0. The highest BCUT2D eigenvalue weighted by Gasteiger charge is 2.30. The molecule has 0 spiro atoms. The summed E-state index contributed by atoms with van der Waals surface area (Å²) in [5.41, 5.74) is 5.30. The number of aryl methyl sites for hydroxylation is 1. The third-order valence-corrected chi connectivity index (χ3v) is 4.23. The van der Waals surface area contributed by atoms with Gasteiger partial charge in [0.15, 0.2) is 5.82 Å². The van der Waals surface area contributed by atoms with E-state index in [9.17, 15) is 4.39 Å². The Bertz CT molecular complexity index is 687. The molecule has 4 rings (SSSR count). The van der Waals surface area contributed by atoms with E-state index in [4.69, 9.17) is 9.97 Å². The van der Waals surface area contributed by atoms with E-state index in [1.807, 2.05) is 13.0 Å². The van der Waals surface area contributed by atoms with E-state index >= 15 is 0 Å². The Morgan fingerprint density at radius 3 is 2.81 bits per heavy atom. The number of nitrogens with zero attached hydrogens (tertiary/aromatic N) is 2. The lowest BCUT2D eigenvalue weighted by atomic mass is 10.0. The largest absolute Gasteiger partial charge is 0.312 e. The molecule has 1 fully saturated rings. The van der Waals surface area contributed by atoms with E-state index in [0.29, 0.717) is 11.7 Å². The lowest BCUT2D eigenvalue weighted by molar-refractivity contribution is 0.616. The smallest absolute Gasteiger partial charge is 0.159 e. The van der Waals surface area contributed by atoms with Gasteiger partial charge in [-0.15, -0.1) is 0 Å². The van der Waals surface area contributed by atoms with Gasteiger partial charge in [-0.1, -0.05) is 0 Å². The fraction of sp³-hybridized carbons (Fsp3) is 0.412. The van der Waals surface area contributed by atoms with Crippen LogP contribution in [0.25, 0.3) is 11.4 Å². The maximum absolute atomic E-state index is 13.7. The van der Waals surface area contributed by atoms with E-state index in [1.54, 1.807) is 0 Å². The normalized spacial score (nSPS) is 17.6. The highest BCUT2D eigenvalue weighted by Crippen LogP contribution is 2.42. The van der Waals surface area contributed by atoms with Gasteiger partial charge in [0.1, 0.15) is 5.82 Å². The summed E-state index contributed by atoms with van der Waals surface area (Å²) in [6.45, 7) is 3.72. The second-order valence-corrected chi connectivity index (χ2v) is 6.08. The highest BCUT2D eigenvalue weighted by atomic mass is 19.1. The van der Waals surface area contributed by atoms with Crippen molar-refractivity contribution in [2.75, 3.05) is 6.54 Å². The molecule has 2 heterocycles. The Kier molecular flexibility index (Phi) is 3.00. The van der Waals surface area contributed by atoms with E-state index in [-0.39, 0.29) is 5.82 Å². The van der Waals surface area contributed by atoms with Crippen molar-refractivity contribution in [2.45, 2.75) is 38.6 Å². The number of fused-ring (bicyclic) bond motifs is 1. The number of aromatic nitrogens is 2. The maximum atomic E-state index is 13.7. The Hall–Kier alpha value is -1.81. The van der Waals surface area contributed by atoms with Crippen molar-refractivity contribution >= 4 is 0 Å². The van der Waals surface area contributed by atoms with Crippen LogP contribution in [0, 0.1) is 12.7 Å². The van der Waals surface area contributed by atoms with E-state index in [1.165, 1.54) is 36.2 Å². The molecule has 2 aliphatic rings. The lowest BCUT2D eigenvalue weighted by Crippen LogP contribution is -2.26. The molecule has 2 aromatic rings. The van der Waals surface area contributed by atoms with Gasteiger partial charge in [-0.05, 0) is 43.5 Å². The third kappa shape index (κ3) is 2.44. The fourth-order valence-electron chi connectivity index (χ4n) is 3.06. The SMILES string of the molecule is Cc1cc(F)cc(-c2nc3c(c(C4CC4)n2)CNCC3)c1. The summed E-state index contributed by atoms with van der Waals surface area (Å²) in [5.74, 6) is 1.04. The van der Waals surface area contributed by atoms with Crippen molar-refractivity contribution in [1.82, 2.24) is 15.3 Å². The molecule has 0 atom stereocenters. The average Bonchev–Trinajstić information content (AvgIpc) is 3.29. The molecule has 0 saturated heterocycles. The van der Waals surface area contributed by atoms with Crippen LogP contribution in [-0.4, -0.2) is 16.5 Å². The van der Waals surface area contributed by atoms with Crippen LogP contribution in [0.15, 0.2) is 18.2 Å². The average molecular weight is 283 g/mol. The Morgan fingerprint density at radius 2 is 2.05 bits per heavy atom. The minimum Gasteiger partial charge on any atom is -0.312 e. The molecule has 1 aromatic carbocycles. The zero-order chi connectivity index (χ0) is 14.4. The van der Waals surface area contributed by atoms with Gasteiger partial charge in [-0.3, -0.25) is 0 Å². The van der Waals surface area contributed by atoms with Gasteiger partial charge in [0.2, 0.25) is 0 Å². The van der Waals surface area contributed by atoms with Crippen LogP contribution in [0.2, 0.25) is 0 Å². The van der Waals surface area contributed by atoms with Gasteiger partial charge in [-0.25, -0.2) is 14.4 Å². The predicted octanol–water partition coefficient (Wildman–Crippen LogP) is 3.11. The first-order valence-electron chi connectivity index (χ1n) is 7.58. The quantitative estimate of drug-likeness (QED) is 0.920. The Morgan fingerprint density at radius 1 is 1.19 bits per heavy atom. The molecule has 0 unspecified atom stereocenters. The Labute approximate surface area is 123 Å². The highest BCUT2D eigenvalue weighted by molar-refractivity contribution is 5.57. The molecule has 3 nitrogen and oxygen atoms in total. The molecule has 0 radical (unpaired) electrons. The molecular weight excluding hydrogens is 265 g/mol. The van der Waals surface area contributed by atoms with Crippen LogP contribution < -0.4 is 5.32 Å². The van der Waals surface area contributed by atoms with Crippen molar-refractivity contribution < 1.29 is 4.39 Å². The van der Waals surface area contributed by atoms with Gasteiger partial charge in [0.25, 0.3) is 0 Å². The van der Waals surface area contributed by atoms with Crippen molar-refractivity contribution in [3.05, 3.63) is 46.5 Å². The lowest BCUT2D eigenvalue weighted by Gasteiger charge is -2.20. The van der Waals surface area contributed by atoms with E-state index in [2.05, 4.69) is 5.32 Å². The molecule has 4 heteroatoms. The molecule has 108 valence electrons. The van der Waals surface area contributed by atoms with Crippen molar-refractivity contribution in [1.29, 1.82) is 0 Å². The van der Waals surface area contributed by atoms with E-state index < -0.39 is 0 Å². The van der Waals surface area contributed by atoms with Crippen LogP contribution in [0.1, 0.15) is 41.3 Å². The molecule has 0 bridgehead atoms. The first-order chi connectivity index (χ1) is 10.2. The summed E-state index contributed by atoms with van der Waals surface area (Å²) >= 11 is 0. The third-order valence-electron chi connectivity index (χ3n) is 4.23. The van der Waals surface area contributed by atoms with Gasteiger partial charge in [0.05, 0.1) is 11.4 Å². The molecule has 1 aromatic heterocycles. The second kappa shape index (κ2) is 4.88. The molecule has 1 saturated carbocycles. The molecule has 1 aliphatic heterocycles. The monoisotopic (exact) mass is 283 g/mol. The molecule has 0 amide bonds. The van der Waals surface area contributed by atoms with Crippen molar-refractivity contribution in [3.8, 4) is 11.4 Å². The second-order valence-electron chi connectivity index (χ2n) is 6.08. The minimum absolute atomic E-state index is 0.221. The number of nitrogens with one attached hydrogen (secondary N) is 1. The number of hydrogen-bond acceptors (Lipinski definition) is 3. The topological polar surface area (TPSA) is 37.8 Å². The molecule has 1 N–H and O–H groups in total. The standard InChI is InChI=1S/C17H18FN3/c1-10-6-12(8-13(18)7-10)17-20-15-4-5-19-9-14(15)16(21-17)11-2-3-11/h6-8,11,19H,2-5,9H2,1H3. The predicted molar refractivity (Wildman–Crippen MR) is 79.5 cm³/mol. The first kappa shape index (κ1) is 12.9. The van der Waals surface area contributed by atoms with Crippen LogP contribution in [0.3, 0.4) is 0 Å². The van der Waals surface area contributed by atoms with Crippen molar-refractivity contribution in [3.63, 3.8) is 0 Å². The fourth-order valence-corrected chi connectivity index (χ4v) is 3.06. The van der Waals surface area contributed by atoms with E-state index in [0.717, 1.165) is 36.3 Å². The van der Waals surface area contributed by atoms with Gasteiger partial charge in [0, 0.05) is 36.6 Å². The molecule has 21 heavy (non-hydrogen) atoms. The minimum atomic E-state index is -0.221. The van der Waals surface area contributed by atoms with Gasteiger partial charge < -0.3 is 5.32 Å². The van der Waals surface area contributed by atoms with Crippen LogP contribution in [0.5, 0.6) is 0 Å². The summed E-state index contributed by atoms with van der Waals surface area (Å²) in [6.07, 6.45) is 3.36. The summed E-state index contributed by atoms with van der Waals surface area (Å²) < 4.78 is 13.7. The zero-order valence-corrected chi connectivity index (χ0v) is 12.1. The Balaban J connectivity index is 1.87. The maximum Gasteiger partial charge on any atom is 0.159 e. The number of benzene rings is 1. The summed E-state index contributed by atoms with van der Waals surface area (Å²) in [4.78, 5) is 9.50. The van der Waals surface area contributed by atoms with Gasteiger partial charge in [-0.2, -0.15) is 0 Å². The van der Waals surface area contributed by atoms with Crippen LogP contribution in [-0.2, 0) is 13.0 Å². The molecule has 1 aliphatic carbocycles. The van der Waals surface area contributed by atoms with Crippen molar-refractivity contribution in [2.24, 2.45) is 0 Å².